The summed E-state index contributed by atoms with van der Waals surface area (Å²) in [5.74, 6) is -3.07. The number of carbonyl (C=O) groups is 2. The summed E-state index contributed by atoms with van der Waals surface area (Å²) in [7, 11) is -2.19. The van der Waals surface area contributed by atoms with Crippen LogP contribution >= 0.6 is 0 Å². The van der Waals surface area contributed by atoms with E-state index in [1.54, 1.807) is 0 Å². The van der Waals surface area contributed by atoms with E-state index in [0.29, 0.717) is 6.61 Å². The number of carbonyl (C=O) groups excluding carboxylic acids is 1. The maximum absolute atomic E-state index is 11.2. The molecule has 0 rings (SSSR count). The minimum absolute atomic E-state index is 0.226. The van der Waals surface area contributed by atoms with Gasteiger partial charge in [0.05, 0.1) is 18.8 Å². The van der Waals surface area contributed by atoms with Gasteiger partial charge in [-0.1, -0.05) is 0 Å². The van der Waals surface area contributed by atoms with Crippen molar-refractivity contribution in [1.82, 2.24) is 5.32 Å². The van der Waals surface area contributed by atoms with Gasteiger partial charge in [0.1, 0.15) is 5.75 Å². The summed E-state index contributed by atoms with van der Waals surface area (Å²) >= 11 is 0. The van der Waals surface area contributed by atoms with Gasteiger partial charge in [0.2, 0.25) is 5.91 Å². The lowest BCUT2D eigenvalue weighted by molar-refractivity contribution is -0.136. The molecule has 94 valence electrons. The second kappa shape index (κ2) is 7.18. The SMILES string of the molecule is COCCNC(=O)CS(=O)(=O)CCC(=O)O. The number of methoxy groups -OCH3 is 1. The molecule has 0 saturated carbocycles. The molecule has 2 N–H and O–H groups in total. The van der Waals surface area contributed by atoms with Crippen molar-refractivity contribution >= 4 is 21.7 Å². The zero-order valence-electron chi connectivity index (χ0n) is 8.93. The highest BCUT2D eigenvalue weighted by Gasteiger charge is 2.17. The summed E-state index contributed by atoms with van der Waals surface area (Å²) in [5, 5.41) is 10.6. The summed E-state index contributed by atoms with van der Waals surface area (Å²) in [6.45, 7) is 0.519. The van der Waals surface area contributed by atoms with E-state index < -0.39 is 39.6 Å². The molecule has 1 amide bonds. The van der Waals surface area contributed by atoms with Crippen LogP contribution in [-0.2, 0) is 24.2 Å². The van der Waals surface area contributed by atoms with Crippen molar-refractivity contribution in [2.24, 2.45) is 0 Å². The zero-order valence-corrected chi connectivity index (χ0v) is 9.75. The Bertz CT molecular complexity index is 336. The van der Waals surface area contributed by atoms with Crippen LogP contribution in [0.1, 0.15) is 6.42 Å². The van der Waals surface area contributed by atoms with Gasteiger partial charge in [0, 0.05) is 13.7 Å². The predicted molar refractivity (Wildman–Crippen MR) is 55.8 cm³/mol. The number of amides is 1. The number of carboxylic acids is 1. The highest BCUT2D eigenvalue weighted by atomic mass is 32.2. The number of ether oxygens (including phenoxy) is 1. The number of carboxylic acid groups (broad SMARTS) is 1. The molecule has 16 heavy (non-hydrogen) atoms. The highest BCUT2D eigenvalue weighted by Crippen LogP contribution is 1.94. The molecule has 0 spiro atoms. The van der Waals surface area contributed by atoms with Crippen molar-refractivity contribution in [3.05, 3.63) is 0 Å². The van der Waals surface area contributed by atoms with Crippen LogP contribution < -0.4 is 5.32 Å². The molecule has 0 unspecified atom stereocenters. The van der Waals surface area contributed by atoms with Crippen molar-refractivity contribution in [3.63, 3.8) is 0 Å². The van der Waals surface area contributed by atoms with Crippen molar-refractivity contribution in [2.45, 2.75) is 6.42 Å². The van der Waals surface area contributed by atoms with E-state index in [1.807, 2.05) is 0 Å². The molecule has 0 radical (unpaired) electrons. The van der Waals surface area contributed by atoms with Gasteiger partial charge in [-0.25, -0.2) is 8.42 Å². The molecule has 0 fully saturated rings. The smallest absolute Gasteiger partial charge is 0.304 e. The molecule has 0 aliphatic rings. The van der Waals surface area contributed by atoms with Gasteiger partial charge in [-0.15, -0.1) is 0 Å². The van der Waals surface area contributed by atoms with Crippen molar-refractivity contribution in [2.75, 3.05) is 31.8 Å². The first-order valence-corrected chi connectivity index (χ1v) is 6.37. The van der Waals surface area contributed by atoms with E-state index in [-0.39, 0.29) is 6.54 Å². The van der Waals surface area contributed by atoms with Crippen LogP contribution in [0.5, 0.6) is 0 Å². The molecule has 0 atom stereocenters. The maximum Gasteiger partial charge on any atom is 0.304 e. The van der Waals surface area contributed by atoms with E-state index in [2.05, 4.69) is 10.1 Å². The normalized spacial score (nSPS) is 11.1. The summed E-state index contributed by atoms with van der Waals surface area (Å²) in [6.07, 6.45) is -0.492. The van der Waals surface area contributed by atoms with Gasteiger partial charge >= 0.3 is 5.97 Å². The zero-order chi connectivity index (χ0) is 12.6. The quantitative estimate of drug-likeness (QED) is 0.517. The van der Waals surface area contributed by atoms with E-state index in [0.717, 1.165) is 0 Å². The Labute approximate surface area is 93.7 Å². The molecule has 0 heterocycles. The fourth-order valence-corrected chi connectivity index (χ4v) is 1.99. The van der Waals surface area contributed by atoms with Crippen LogP contribution in [-0.4, -0.2) is 57.2 Å². The molecular weight excluding hydrogens is 238 g/mol. The minimum atomic E-state index is -3.65. The lowest BCUT2D eigenvalue weighted by Gasteiger charge is -2.04. The largest absolute Gasteiger partial charge is 0.481 e. The summed E-state index contributed by atoms with van der Waals surface area (Å²) < 4.78 is 27.1. The number of sulfone groups is 1. The molecule has 0 aromatic rings. The van der Waals surface area contributed by atoms with Crippen LogP contribution in [0.4, 0.5) is 0 Å². The lowest BCUT2D eigenvalue weighted by atomic mass is 10.5. The molecule has 0 aliphatic heterocycles. The van der Waals surface area contributed by atoms with Crippen LogP contribution in [0.3, 0.4) is 0 Å². The third kappa shape index (κ3) is 8.18. The molecular formula is C8H15NO6S. The molecule has 0 aromatic carbocycles. The predicted octanol–water partition coefficient (Wildman–Crippen LogP) is -1.36. The van der Waals surface area contributed by atoms with Gasteiger partial charge < -0.3 is 15.2 Å². The standard InChI is InChI=1S/C8H15NO6S/c1-15-4-3-9-7(10)6-16(13,14)5-2-8(11)12/h2-6H2,1H3,(H,9,10)(H,11,12). The van der Waals surface area contributed by atoms with Crippen molar-refractivity contribution in [3.8, 4) is 0 Å². The second-order valence-electron chi connectivity index (χ2n) is 3.08. The lowest BCUT2D eigenvalue weighted by Crippen LogP contribution is -2.33. The van der Waals surface area contributed by atoms with Gasteiger partial charge in [0.25, 0.3) is 0 Å². The molecule has 0 aliphatic carbocycles. The monoisotopic (exact) mass is 253 g/mol. The Morgan fingerprint density at radius 1 is 1.38 bits per heavy atom. The number of nitrogens with one attached hydrogen (secondary N) is 1. The molecule has 0 saturated heterocycles. The fourth-order valence-electron chi connectivity index (χ4n) is 0.858. The summed E-state index contributed by atoms with van der Waals surface area (Å²) in [6, 6.07) is 0. The van der Waals surface area contributed by atoms with E-state index in [4.69, 9.17) is 5.11 Å². The van der Waals surface area contributed by atoms with Crippen LogP contribution in [0.2, 0.25) is 0 Å². The Kier molecular flexibility index (Phi) is 6.66. The first kappa shape index (κ1) is 14.8. The molecule has 0 bridgehead atoms. The molecule has 8 heteroatoms. The number of rotatable bonds is 8. The van der Waals surface area contributed by atoms with Crippen LogP contribution in [0, 0.1) is 0 Å². The Morgan fingerprint density at radius 3 is 2.50 bits per heavy atom. The highest BCUT2D eigenvalue weighted by molar-refractivity contribution is 7.92. The average Bonchev–Trinajstić information content (AvgIpc) is 2.15. The van der Waals surface area contributed by atoms with E-state index in [1.165, 1.54) is 7.11 Å². The first-order chi connectivity index (χ1) is 7.37. The Hall–Kier alpha value is -1.15. The topological polar surface area (TPSA) is 110 Å². The minimum Gasteiger partial charge on any atom is -0.481 e. The van der Waals surface area contributed by atoms with Crippen LogP contribution in [0.15, 0.2) is 0 Å². The summed E-state index contributed by atoms with van der Waals surface area (Å²) in [5.41, 5.74) is 0. The molecule has 7 nitrogen and oxygen atoms in total. The average molecular weight is 253 g/mol. The third-order valence-corrected chi connectivity index (χ3v) is 3.13. The van der Waals surface area contributed by atoms with Crippen LogP contribution in [0.25, 0.3) is 0 Å². The fraction of sp³-hybridized carbons (Fsp3) is 0.750. The van der Waals surface area contributed by atoms with Gasteiger partial charge in [-0.3, -0.25) is 9.59 Å². The third-order valence-electron chi connectivity index (χ3n) is 1.61. The Morgan fingerprint density at radius 2 is 2.00 bits per heavy atom. The number of hydrogen-bond acceptors (Lipinski definition) is 5. The Balaban J connectivity index is 3.96. The maximum atomic E-state index is 11.2. The first-order valence-electron chi connectivity index (χ1n) is 4.55. The second-order valence-corrected chi connectivity index (χ2v) is 5.26. The van der Waals surface area contributed by atoms with Gasteiger partial charge in [-0.2, -0.15) is 0 Å². The number of aliphatic carboxylic acids is 1. The summed E-state index contributed by atoms with van der Waals surface area (Å²) in [4.78, 5) is 21.2. The van der Waals surface area contributed by atoms with Crippen molar-refractivity contribution < 1.29 is 27.9 Å². The van der Waals surface area contributed by atoms with Gasteiger partial charge in [-0.05, 0) is 0 Å². The number of hydrogen-bond donors (Lipinski definition) is 2. The van der Waals surface area contributed by atoms with Crippen molar-refractivity contribution in [1.29, 1.82) is 0 Å². The van der Waals surface area contributed by atoms with Gasteiger partial charge in [0.15, 0.2) is 9.84 Å². The van der Waals surface area contributed by atoms with E-state index in [9.17, 15) is 18.0 Å². The van der Waals surface area contributed by atoms with E-state index >= 15 is 0 Å². The molecule has 0 aromatic heterocycles.